The summed E-state index contributed by atoms with van der Waals surface area (Å²) in [6, 6.07) is 0. The van der Waals surface area contributed by atoms with Gasteiger partial charge < -0.3 is 10.2 Å². The van der Waals surface area contributed by atoms with Crippen LogP contribution in [-0.2, 0) is 4.79 Å². The zero-order chi connectivity index (χ0) is 17.2. The van der Waals surface area contributed by atoms with Crippen LogP contribution in [0, 0.1) is 0 Å². The maximum atomic E-state index is 10.3. The predicted molar refractivity (Wildman–Crippen MR) is 97.4 cm³/mol. The number of aliphatic hydroxyl groups excluding tert-OH is 1. The number of carboxylic acids is 1. The van der Waals surface area contributed by atoms with Crippen molar-refractivity contribution in [3.63, 3.8) is 0 Å². The third-order valence-electron chi connectivity index (χ3n) is 3.32. The zero-order valence-corrected chi connectivity index (χ0v) is 14.4. The van der Waals surface area contributed by atoms with Crippen molar-refractivity contribution in [2.24, 2.45) is 0 Å². The first kappa shape index (κ1) is 21.4. The second-order valence-corrected chi connectivity index (χ2v) is 5.58. The summed E-state index contributed by atoms with van der Waals surface area (Å²) in [5.41, 5.74) is 0. The molecule has 0 aliphatic rings. The quantitative estimate of drug-likeness (QED) is 0.263. The van der Waals surface area contributed by atoms with Gasteiger partial charge in [-0.25, -0.2) is 0 Å². The highest BCUT2D eigenvalue weighted by Gasteiger charge is 1.96. The molecule has 3 nitrogen and oxygen atoms in total. The van der Waals surface area contributed by atoms with Crippen molar-refractivity contribution in [1.29, 1.82) is 0 Å². The minimum absolute atomic E-state index is 0.242. The topological polar surface area (TPSA) is 57.5 Å². The van der Waals surface area contributed by atoms with Gasteiger partial charge >= 0.3 is 5.97 Å². The highest BCUT2D eigenvalue weighted by Crippen LogP contribution is 2.04. The Morgan fingerprint density at radius 2 is 1.65 bits per heavy atom. The number of allylic oxidation sites excluding steroid dienone is 7. The molecule has 0 spiro atoms. The van der Waals surface area contributed by atoms with Crippen molar-refractivity contribution in [1.82, 2.24) is 0 Å². The van der Waals surface area contributed by atoms with E-state index in [1.54, 1.807) is 0 Å². The number of carbonyl (C=O) groups is 1. The van der Waals surface area contributed by atoms with E-state index in [0.29, 0.717) is 6.42 Å². The molecule has 0 aliphatic heterocycles. The SMILES string of the molecule is CCCCC[C@H](O)/C=C/C=C\CC=CCC=CCCCC(=O)O. The fourth-order valence-electron chi connectivity index (χ4n) is 1.98. The molecule has 0 unspecified atom stereocenters. The molecule has 0 rings (SSSR count). The lowest BCUT2D eigenvalue weighted by molar-refractivity contribution is -0.137. The molecule has 1 atom stereocenters. The molecular formula is C20H32O3. The summed E-state index contributed by atoms with van der Waals surface area (Å²) in [6.45, 7) is 2.16. The molecule has 0 saturated heterocycles. The standard InChI is InChI=1S/C20H32O3/c1-2-3-13-16-19(21)17-14-11-9-7-5-4-6-8-10-12-15-18-20(22)23/h4-5,8-11,14,17,19,21H,2-3,6-7,12-13,15-16,18H2,1H3,(H,22,23)/b5-4?,10-8?,11-9-,17-14+/t19-/m0/s1. The van der Waals surface area contributed by atoms with Crippen molar-refractivity contribution in [3.8, 4) is 0 Å². The largest absolute Gasteiger partial charge is 0.481 e. The van der Waals surface area contributed by atoms with E-state index >= 15 is 0 Å². The van der Waals surface area contributed by atoms with Crippen LogP contribution in [0.25, 0.3) is 0 Å². The number of unbranched alkanes of at least 4 members (excludes halogenated alkanes) is 3. The van der Waals surface area contributed by atoms with Crippen molar-refractivity contribution in [2.75, 3.05) is 0 Å². The Bertz CT molecular complexity index is 392. The molecular weight excluding hydrogens is 288 g/mol. The third kappa shape index (κ3) is 18.3. The molecule has 0 amide bonds. The van der Waals surface area contributed by atoms with Crippen LogP contribution >= 0.6 is 0 Å². The van der Waals surface area contributed by atoms with Gasteiger partial charge in [-0.2, -0.15) is 0 Å². The van der Waals surface area contributed by atoms with Crippen LogP contribution in [-0.4, -0.2) is 22.3 Å². The Kier molecular flexibility index (Phi) is 15.6. The molecule has 0 aromatic carbocycles. The van der Waals surface area contributed by atoms with E-state index in [1.807, 2.05) is 24.3 Å². The van der Waals surface area contributed by atoms with E-state index in [2.05, 4.69) is 31.2 Å². The molecule has 0 aliphatic carbocycles. The summed E-state index contributed by atoms with van der Waals surface area (Å²) >= 11 is 0. The van der Waals surface area contributed by atoms with Gasteiger partial charge in [0.1, 0.15) is 0 Å². The highest BCUT2D eigenvalue weighted by atomic mass is 16.4. The van der Waals surface area contributed by atoms with E-state index < -0.39 is 5.97 Å². The minimum Gasteiger partial charge on any atom is -0.481 e. The molecule has 2 N–H and O–H groups in total. The van der Waals surface area contributed by atoms with Gasteiger partial charge in [-0.05, 0) is 32.1 Å². The monoisotopic (exact) mass is 320 g/mol. The number of aliphatic hydroxyl groups is 1. The second kappa shape index (κ2) is 16.8. The smallest absolute Gasteiger partial charge is 0.303 e. The van der Waals surface area contributed by atoms with Crippen LogP contribution < -0.4 is 0 Å². The van der Waals surface area contributed by atoms with Gasteiger partial charge in [-0.1, -0.05) is 74.8 Å². The number of rotatable bonds is 14. The average molecular weight is 320 g/mol. The number of hydrogen-bond acceptors (Lipinski definition) is 2. The molecule has 0 bridgehead atoms. The maximum Gasteiger partial charge on any atom is 0.303 e. The first-order chi connectivity index (χ1) is 11.2. The van der Waals surface area contributed by atoms with Gasteiger partial charge in [0.15, 0.2) is 0 Å². The molecule has 0 heterocycles. The molecule has 0 radical (unpaired) electrons. The lowest BCUT2D eigenvalue weighted by atomic mass is 10.1. The van der Waals surface area contributed by atoms with Gasteiger partial charge in [0, 0.05) is 6.42 Å². The van der Waals surface area contributed by atoms with Gasteiger partial charge in [0.2, 0.25) is 0 Å². The van der Waals surface area contributed by atoms with Crippen molar-refractivity contribution in [2.45, 2.75) is 70.8 Å². The fraction of sp³-hybridized carbons (Fsp3) is 0.550. The second-order valence-electron chi connectivity index (χ2n) is 5.58. The maximum absolute atomic E-state index is 10.3. The van der Waals surface area contributed by atoms with Gasteiger partial charge in [0.25, 0.3) is 0 Å². The van der Waals surface area contributed by atoms with E-state index in [1.165, 1.54) is 12.8 Å². The van der Waals surface area contributed by atoms with Crippen LogP contribution in [0.3, 0.4) is 0 Å². The van der Waals surface area contributed by atoms with Crippen LogP contribution in [0.15, 0.2) is 48.6 Å². The lowest BCUT2D eigenvalue weighted by Crippen LogP contribution is -2.00. The Labute approximate surface area is 141 Å². The van der Waals surface area contributed by atoms with Crippen molar-refractivity contribution in [3.05, 3.63) is 48.6 Å². The summed E-state index contributed by atoms with van der Waals surface area (Å²) in [6.07, 6.45) is 23.6. The van der Waals surface area contributed by atoms with Crippen molar-refractivity contribution >= 4 is 5.97 Å². The molecule has 0 saturated carbocycles. The molecule has 0 aromatic rings. The Hall–Kier alpha value is -1.61. The number of aliphatic carboxylic acids is 1. The molecule has 23 heavy (non-hydrogen) atoms. The molecule has 3 heteroatoms. The minimum atomic E-state index is -0.729. The Balaban J connectivity index is 3.57. The fourth-order valence-corrected chi connectivity index (χ4v) is 1.98. The number of carboxylic acid groups (broad SMARTS) is 1. The van der Waals surface area contributed by atoms with E-state index in [9.17, 15) is 9.90 Å². The van der Waals surface area contributed by atoms with E-state index in [-0.39, 0.29) is 12.5 Å². The first-order valence-corrected chi connectivity index (χ1v) is 8.70. The van der Waals surface area contributed by atoms with Crippen LogP contribution in [0.1, 0.15) is 64.7 Å². The molecule has 130 valence electrons. The molecule has 0 fully saturated rings. The summed E-state index contributed by atoms with van der Waals surface area (Å²) in [4.78, 5) is 10.3. The highest BCUT2D eigenvalue weighted by molar-refractivity contribution is 5.66. The van der Waals surface area contributed by atoms with E-state index in [4.69, 9.17) is 5.11 Å². The van der Waals surface area contributed by atoms with Crippen LogP contribution in [0.5, 0.6) is 0 Å². The predicted octanol–water partition coefficient (Wildman–Crippen LogP) is 5.19. The Morgan fingerprint density at radius 1 is 0.957 bits per heavy atom. The van der Waals surface area contributed by atoms with E-state index in [0.717, 1.165) is 32.1 Å². The van der Waals surface area contributed by atoms with Gasteiger partial charge in [-0.15, -0.1) is 0 Å². The number of hydrogen-bond donors (Lipinski definition) is 2. The van der Waals surface area contributed by atoms with Crippen LogP contribution in [0.4, 0.5) is 0 Å². The average Bonchev–Trinajstić information content (AvgIpc) is 2.51. The summed E-state index contributed by atoms with van der Waals surface area (Å²) in [5.74, 6) is -0.729. The van der Waals surface area contributed by atoms with Gasteiger partial charge in [0.05, 0.1) is 6.10 Å². The lowest BCUT2D eigenvalue weighted by Gasteiger charge is -2.02. The Morgan fingerprint density at radius 3 is 2.35 bits per heavy atom. The van der Waals surface area contributed by atoms with Gasteiger partial charge in [-0.3, -0.25) is 4.79 Å². The summed E-state index contributed by atoms with van der Waals surface area (Å²) in [7, 11) is 0. The summed E-state index contributed by atoms with van der Waals surface area (Å²) in [5, 5.41) is 18.2. The zero-order valence-electron chi connectivity index (χ0n) is 14.4. The molecule has 0 aromatic heterocycles. The third-order valence-corrected chi connectivity index (χ3v) is 3.32. The normalized spacial score (nSPS) is 13.8. The van der Waals surface area contributed by atoms with Crippen molar-refractivity contribution < 1.29 is 15.0 Å². The summed E-state index contributed by atoms with van der Waals surface area (Å²) < 4.78 is 0. The first-order valence-electron chi connectivity index (χ1n) is 8.70. The van der Waals surface area contributed by atoms with Crippen LogP contribution in [0.2, 0.25) is 0 Å².